The van der Waals surface area contributed by atoms with Crippen LogP contribution in [0.5, 0.6) is 0 Å². The minimum Gasteiger partial charge on any atom is -0.462 e. The molecule has 0 saturated heterocycles. The molecule has 0 aromatic heterocycles. The summed E-state index contributed by atoms with van der Waals surface area (Å²) in [5, 5.41) is 10.6. The van der Waals surface area contributed by atoms with E-state index in [0.717, 1.165) is 120 Å². The van der Waals surface area contributed by atoms with Gasteiger partial charge in [0, 0.05) is 25.7 Å². The maximum Gasteiger partial charge on any atom is 0.472 e. The zero-order valence-corrected chi connectivity index (χ0v) is 61.3. The molecule has 91 heavy (non-hydrogen) atoms. The number of aliphatic hydroxyl groups excluding tert-OH is 1. The fraction of sp³-hybridized carbons (Fsp3) is 0.944. The number of phosphoric ester groups is 2. The SMILES string of the molecule is CCC(C)CCCCCCCCC(=O)OC[C@H](COP(=O)(O)OC[C@H](O)COP(=O)(O)OC[C@@H](COC(=O)CCCCCCCCCCCCCCCCCCCCC(C)C)OC(=O)CCCCCCCCC(C)CC)OC(=O)CCCCCCCCC(C)CC. The molecule has 0 saturated carbocycles. The average molecular weight is 1340 g/mol. The van der Waals surface area contributed by atoms with E-state index in [-0.39, 0.29) is 25.7 Å². The van der Waals surface area contributed by atoms with Gasteiger partial charge in [-0.25, -0.2) is 9.13 Å². The predicted octanol–water partition coefficient (Wildman–Crippen LogP) is 20.5. The van der Waals surface area contributed by atoms with E-state index in [9.17, 15) is 43.2 Å². The first-order valence-electron chi connectivity index (χ1n) is 37.3. The summed E-state index contributed by atoms with van der Waals surface area (Å²) in [5.74, 6) is 0.859. The number of phosphoric acid groups is 2. The van der Waals surface area contributed by atoms with Crippen LogP contribution in [-0.4, -0.2) is 96.7 Å². The third-order valence-corrected chi connectivity index (χ3v) is 19.6. The van der Waals surface area contributed by atoms with Crippen molar-refractivity contribution in [3.05, 3.63) is 0 Å². The van der Waals surface area contributed by atoms with Crippen molar-refractivity contribution in [3.63, 3.8) is 0 Å². The molecule has 540 valence electrons. The van der Waals surface area contributed by atoms with E-state index < -0.39 is 97.5 Å². The minimum absolute atomic E-state index is 0.102. The maximum atomic E-state index is 13.0. The Balaban J connectivity index is 5.14. The molecule has 5 unspecified atom stereocenters. The van der Waals surface area contributed by atoms with Crippen molar-refractivity contribution in [2.75, 3.05) is 39.6 Å². The Bertz CT molecular complexity index is 1800. The van der Waals surface area contributed by atoms with Gasteiger partial charge < -0.3 is 33.8 Å². The van der Waals surface area contributed by atoms with Crippen molar-refractivity contribution in [3.8, 4) is 0 Å². The Morgan fingerprint density at radius 2 is 0.527 bits per heavy atom. The van der Waals surface area contributed by atoms with Gasteiger partial charge in [0.15, 0.2) is 12.2 Å². The van der Waals surface area contributed by atoms with Crippen molar-refractivity contribution in [2.45, 2.75) is 375 Å². The van der Waals surface area contributed by atoms with E-state index in [0.29, 0.717) is 25.7 Å². The van der Waals surface area contributed by atoms with Crippen LogP contribution in [0, 0.1) is 23.7 Å². The first-order valence-corrected chi connectivity index (χ1v) is 40.3. The predicted molar refractivity (Wildman–Crippen MR) is 367 cm³/mol. The first-order chi connectivity index (χ1) is 43.7. The number of hydrogen-bond donors (Lipinski definition) is 3. The Kier molecular flexibility index (Phi) is 60.3. The molecule has 0 aromatic rings. The van der Waals surface area contributed by atoms with Crippen LogP contribution in [0.2, 0.25) is 0 Å². The number of hydrogen-bond acceptors (Lipinski definition) is 15. The number of rotatable bonds is 69. The molecule has 0 fully saturated rings. The summed E-state index contributed by atoms with van der Waals surface area (Å²) in [7, 11) is -9.90. The molecule has 0 spiro atoms. The van der Waals surface area contributed by atoms with Crippen molar-refractivity contribution in [1.82, 2.24) is 0 Å². The first kappa shape index (κ1) is 89.1. The quantitative estimate of drug-likeness (QED) is 0.0222. The minimum atomic E-state index is -4.95. The van der Waals surface area contributed by atoms with Gasteiger partial charge >= 0.3 is 39.5 Å². The average Bonchev–Trinajstić information content (AvgIpc) is 3.73. The molecule has 0 amide bonds. The highest BCUT2D eigenvalue weighted by molar-refractivity contribution is 7.47. The molecule has 19 heteroatoms. The lowest BCUT2D eigenvalue weighted by Gasteiger charge is -2.21. The summed E-state index contributed by atoms with van der Waals surface area (Å²) in [5.41, 5.74) is 0. The van der Waals surface area contributed by atoms with Crippen molar-refractivity contribution >= 4 is 39.5 Å². The van der Waals surface area contributed by atoms with Gasteiger partial charge in [-0.3, -0.25) is 37.3 Å². The van der Waals surface area contributed by atoms with Gasteiger partial charge in [-0.05, 0) is 49.4 Å². The number of ether oxygens (including phenoxy) is 4. The van der Waals surface area contributed by atoms with Crippen LogP contribution in [-0.2, 0) is 65.4 Å². The molecule has 17 nitrogen and oxygen atoms in total. The number of carbonyl (C=O) groups excluding carboxylic acids is 4. The second kappa shape index (κ2) is 61.6. The summed E-state index contributed by atoms with van der Waals surface area (Å²) in [6, 6.07) is 0. The fourth-order valence-corrected chi connectivity index (χ4v) is 12.3. The summed E-state index contributed by atoms with van der Waals surface area (Å²) in [4.78, 5) is 72.5. The van der Waals surface area contributed by atoms with Crippen LogP contribution < -0.4 is 0 Å². The standard InChI is InChI=1S/C72H140O17P2/c1-9-63(6)49-41-33-26-29-37-45-53-70(75)83-59-68(89-72(77)55-47-39-31-28-35-43-51-65(8)11-3)61-87-91(80,81)85-57-66(73)56-84-90(78,79)86-60-67(88-71(76)54-46-38-30-27-34-42-50-64(7)10-2)58-82-69(74)52-44-36-25-23-21-19-17-15-13-12-14-16-18-20-22-24-32-40-48-62(4)5/h62-68,73H,9-61H2,1-8H3,(H,78,79)(H,80,81)/t63?,64?,65?,66-,67-,68-/m1/s1. The summed E-state index contributed by atoms with van der Waals surface area (Å²) < 4.78 is 68.2. The molecule has 0 aliphatic rings. The van der Waals surface area contributed by atoms with Crippen LogP contribution in [0.4, 0.5) is 0 Å². The van der Waals surface area contributed by atoms with Gasteiger partial charge in [-0.15, -0.1) is 0 Å². The third-order valence-electron chi connectivity index (χ3n) is 17.7. The monoisotopic (exact) mass is 1340 g/mol. The molecule has 0 bridgehead atoms. The van der Waals surface area contributed by atoms with E-state index in [1.165, 1.54) is 154 Å². The van der Waals surface area contributed by atoms with E-state index >= 15 is 0 Å². The van der Waals surface area contributed by atoms with Gasteiger partial charge in [0.25, 0.3) is 0 Å². The molecular formula is C72H140O17P2. The van der Waals surface area contributed by atoms with Crippen molar-refractivity contribution < 1.29 is 80.2 Å². The van der Waals surface area contributed by atoms with Crippen molar-refractivity contribution in [1.29, 1.82) is 0 Å². The Morgan fingerprint density at radius 3 is 0.780 bits per heavy atom. The summed E-state index contributed by atoms with van der Waals surface area (Å²) in [6.45, 7) is 14.1. The second-order valence-corrected chi connectivity index (χ2v) is 30.1. The van der Waals surface area contributed by atoms with E-state index in [4.69, 9.17) is 37.0 Å². The van der Waals surface area contributed by atoms with Crippen molar-refractivity contribution in [2.24, 2.45) is 23.7 Å². The van der Waals surface area contributed by atoms with E-state index in [1.807, 2.05) is 0 Å². The molecular weight excluding hydrogens is 1200 g/mol. The lowest BCUT2D eigenvalue weighted by Crippen LogP contribution is -2.30. The van der Waals surface area contributed by atoms with E-state index in [2.05, 4.69) is 55.4 Å². The number of carbonyl (C=O) groups is 4. The van der Waals surface area contributed by atoms with Gasteiger partial charge in [-0.1, -0.05) is 306 Å². The number of aliphatic hydroxyl groups is 1. The molecule has 3 N–H and O–H groups in total. The molecule has 0 aliphatic heterocycles. The molecule has 0 radical (unpaired) electrons. The van der Waals surface area contributed by atoms with Crippen LogP contribution in [0.3, 0.4) is 0 Å². The zero-order chi connectivity index (χ0) is 67.5. The highest BCUT2D eigenvalue weighted by Crippen LogP contribution is 2.45. The second-order valence-electron chi connectivity index (χ2n) is 27.2. The lowest BCUT2D eigenvalue weighted by molar-refractivity contribution is -0.161. The maximum absolute atomic E-state index is 13.0. The number of unbranched alkanes of at least 4 members (excludes halogenated alkanes) is 32. The Morgan fingerprint density at radius 1 is 0.308 bits per heavy atom. The molecule has 0 aromatic carbocycles. The molecule has 0 heterocycles. The van der Waals surface area contributed by atoms with Gasteiger partial charge in [-0.2, -0.15) is 0 Å². The molecule has 0 rings (SSSR count). The van der Waals surface area contributed by atoms with Crippen LogP contribution in [0.25, 0.3) is 0 Å². The largest absolute Gasteiger partial charge is 0.472 e. The Labute approximate surface area is 556 Å². The highest BCUT2D eigenvalue weighted by atomic mass is 31.2. The van der Waals surface area contributed by atoms with Gasteiger partial charge in [0.1, 0.15) is 19.3 Å². The fourth-order valence-electron chi connectivity index (χ4n) is 10.7. The van der Waals surface area contributed by atoms with Gasteiger partial charge in [0.2, 0.25) is 0 Å². The van der Waals surface area contributed by atoms with Gasteiger partial charge in [0.05, 0.1) is 26.4 Å². The number of esters is 4. The highest BCUT2D eigenvalue weighted by Gasteiger charge is 2.30. The smallest absolute Gasteiger partial charge is 0.462 e. The summed E-state index contributed by atoms with van der Waals surface area (Å²) >= 11 is 0. The zero-order valence-electron chi connectivity index (χ0n) is 59.5. The van der Waals surface area contributed by atoms with Crippen LogP contribution in [0.1, 0.15) is 357 Å². The summed E-state index contributed by atoms with van der Waals surface area (Å²) in [6.07, 6.45) is 44.8. The van der Waals surface area contributed by atoms with Crippen LogP contribution >= 0.6 is 15.6 Å². The van der Waals surface area contributed by atoms with Crippen LogP contribution in [0.15, 0.2) is 0 Å². The Hall–Kier alpha value is -1.94. The van der Waals surface area contributed by atoms with E-state index in [1.54, 1.807) is 0 Å². The topological polar surface area (TPSA) is 237 Å². The lowest BCUT2D eigenvalue weighted by atomic mass is 10.00. The molecule has 0 aliphatic carbocycles. The normalized spacial score (nSPS) is 15.1. The third kappa shape index (κ3) is 62.6. The molecule has 8 atom stereocenters.